The van der Waals surface area contributed by atoms with Crippen LogP contribution in [0.2, 0.25) is 4.34 Å². The number of carbonyl (C=O) groups excluding carboxylic acids is 1. The maximum absolute atomic E-state index is 12.9. The second-order valence-electron chi connectivity index (χ2n) is 7.66. The molecule has 1 aliphatic rings. The van der Waals surface area contributed by atoms with Crippen LogP contribution in [0.5, 0.6) is 11.5 Å². The lowest BCUT2D eigenvalue weighted by Crippen LogP contribution is -2.45. The van der Waals surface area contributed by atoms with Gasteiger partial charge < -0.3 is 10.1 Å². The number of amides is 1. The van der Waals surface area contributed by atoms with Crippen molar-refractivity contribution in [2.75, 3.05) is 6.54 Å². The van der Waals surface area contributed by atoms with Crippen LogP contribution in [0.1, 0.15) is 24.1 Å². The summed E-state index contributed by atoms with van der Waals surface area (Å²) in [5, 5.41) is 2.70. The molecule has 3 heterocycles. The predicted octanol–water partition coefficient (Wildman–Crippen LogP) is 5.08. The van der Waals surface area contributed by atoms with Gasteiger partial charge in [-0.3, -0.25) is 9.78 Å². The number of rotatable bonds is 7. The summed E-state index contributed by atoms with van der Waals surface area (Å²) in [7, 11) is -3.85. The highest BCUT2D eigenvalue weighted by atomic mass is 35.5. The van der Waals surface area contributed by atoms with Crippen molar-refractivity contribution in [3.05, 3.63) is 70.3 Å². The standard InChI is InChI=1S/C22H19ClF3N3O4S2/c23-19-7-8-20(34-19)35(31,32)29-11-1-2-18(29)21(30)28-13-15-12-17(9-10-27-15)33-16-5-3-14(4-6-16)22(24,25)26/h3-10,12,18H,1-2,11,13H2,(H,28,30)/t18-/m0/s1. The van der Waals surface area contributed by atoms with Crippen LogP contribution in [0.15, 0.2) is 58.9 Å². The molecule has 3 aromatic rings. The van der Waals surface area contributed by atoms with Gasteiger partial charge >= 0.3 is 6.18 Å². The van der Waals surface area contributed by atoms with Crippen molar-refractivity contribution in [3.63, 3.8) is 0 Å². The fraction of sp³-hybridized carbons (Fsp3) is 0.273. The maximum Gasteiger partial charge on any atom is 0.416 e. The summed E-state index contributed by atoms with van der Waals surface area (Å²) in [4.78, 5) is 17.0. The number of pyridine rings is 1. The highest BCUT2D eigenvalue weighted by Crippen LogP contribution is 2.33. The molecule has 0 radical (unpaired) electrons. The van der Waals surface area contributed by atoms with Crippen molar-refractivity contribution in [1.29, 1.82) is 0 Å². The van der Waals surface area contributed by atoms with Crippen molar-refractivity contribution < 1.29 is 31.1 Å². The van der Waals surface area contributed by atoms with Crippen LogP contribution < -0.4 is 10.1 Å². The summed E-state index contributed by atoms with van der Waals surface area (Å²) in [6, 6.07) is 9.38. The van der Waals surface area contributed by atoms with E-state index in [1.165, 1.54) is 46.9 Å². The molecular weight excluding hydrogens is 527 g/mol. The molecule has 13 heteroatoms. The lowest BCUT2D eigenvalue weighted by atomic mass is 10.2. The molecule has 186 valence electrons. The number of hydrogen-bond donors (Lipinski definition) is 1. The van der Waals surface area contributed by atoms with Gasteiger partial charge in [-0.1, -0.05) is 11.6 Å². The fourth-order valence-corrected chi connectivity index (χ4v) is 6.87. The third kappa shape index (κ3) is 5.95. The van der Waals surface area contributed by atoms with Gasteiger partial charge in [-0.2, -0.15) is 17.5 Å². The van der Waals surface area contributed by atoms with Gasteiger partial charge in [0, 0.05) is 18.8 Å². The molecule has 35 heavy (non-hydrogen) atoms. The van der Waals surface area contributed by atoms with E-state index >= 15 is 0 Å². The number of halogens is 4. The molecule has 0 aliphatic carbocycles. The van der Waals surface area contributed by atoms with Gasteiger partial charge in [-0.15, -0.1) is 11.3 Å². The molecular formula is C22H19ClF3N3O4S2. The zero-order valence-corrected chi connectivity index (χ0v) is 20.3. The van der Waals surface area contributed by atoms with E-state index in [9.17, 15) is 26.4 Å². The van der Waals surface area contributed by atoms with E-state index in [2.05, 4.69) is 10.3 Å². The highest BCUT2D eigenvalue weighted by molar-refractivity contribution is 7.91. The SMILES string of the molecule is O=C(NCc1cc(Oc2ccc(C(F)(F)F)cc2)ccn1)[C@@H]1CCCN1S(=O)(=O)c1ccc(Cl)s1. The number of carbonyl (C=O) groups is 1. The quantitative estimate of drug-likeness (QED) is 0.447. The van der Waals surface area contributed by atoms with Gasteiger partial charge in [-0.05, 0) is 55.3 Å². The summed E-state index contributed by atoms with van der Waals surface area (Å²) < 4.78 is 71.2. The van der Waals surface area contributed by atoms with Crippen LogP contribution >= 0.6 is 22.9 Å². The normalized spacial score (nSPS) is 16.9. The third-order valence-corrected chi connectivity index (χ3v) is 8.87. The Labute approximate surface area is 208 Å². The maximum atomic E-state index is 12.9. The molecule has 1 saturated heterocycles. The Hall–Kier alpha value is -2.67. The van der Waals surface area contributed by atoms with Gasteiger partial charge in [-0.25, -0.2) is 8.42 Å². The van der Waals surface area contributed by atoms with Crippen LogP contribution in [-0.2, 0) is 27.5 Å². The Bertz CT molecular complexity index is 1310. The lowest BCUT2D eigenvalue weighted by molar-refractivity contribution is -0.137. The molecule has 1 aromatic carbocycles. The smallest absolute Gasteiger partial charge is 0.416 e. The summed E-state index contributed by atoms with van der Waals surface area (Å²) in [5.41, 5.74) is -0.353. The van der Waals surface area contributed by atoms with Crippen LogP contribution in [-0.4, -0.2) is 36.2 Å². The second kappa shape index (κ2) is 10.1. The monoisotopic (exact) mass is 545 g/mol. The number of nitrogens with zero attached hydrogens (tertiary/aromatic N) is 2. The molecule has 2 aromatic heterocycles. The van der Waals surface area contributed by atoms with Crippen molar-refractivity contribution >= 4 is 38.9 Å². The Kier molecular flexibility index (Phi) is 7.36. The lowest BCUT2D eigenvalue weighted by Gasteiger charge is -2.22. The van der Waals surface area contributed by atoms with E-state index in [4.69, 9.17) is 16.3 Å². The van der Waals surface area contributed by atoms with Gasteiger partial charge in [0.25, 0.3) is 10.0 Å². The summed E-state index contributed by atoms with van der Waals surface area (Å²) in [6.07, 6.45) is -2.07. The molecule has 7 nitrogen and oxygen atoms in total. The Morgan fingerprint density at radius 1 is 1.17 bits per heavy atom. The number of nitrogens with one attached hydrogen (secondary N) is 1. The molecule has 1 aliphatic heterocycles. The molecule has 0 bridgehead atoms. The summed E-state index contributed by atoms with van der Waals surface area (Å²) in [5.74, 6) is 0.0768. The zero-order valence-electron chi connectivity index (χ0n) is 18.0. The Balaban J connectivity index is 1.39. The van der Waals surface area contributed by atoms with E-state index in [0.29, 0.717) is 28.6 Å². The molecule has 0 saturated carbocycles. The average molecular weight is 546 g/mol. The fourth-order valence-electron chi connectivity index (χ4n) is 3.60. The number of sulfonamides is 1. The first-order chi connectivity index (χ1) is 16.5. The number of thiophene rings is 1. The third-order valence-electron chi connectivity index (χ3n) is 5.27. The average Bonchev–Trinajstić information content (AvgIpc) is 3.48. The molecule has 1 atom stereocenters. The molecule has 0 unspecified atom stereocenters. The highest BCUT2D eigenvalue weighted by Gasteiger charge is 2.40. The van der Waals surface area contributed by atoms with E-state index < -0.39 is 33.7 Å². The van der Waals surface area contributed by atoms with E-state index in [1.54, 1.807) is 0 Å². The minimum absolute atomic E-state index is 0.0122. The van der Waals surface area contributed by atoms with Crippen LogP contribution in [0, 0.1) is 0 Å². The molecule has 4 rings (SSSR count). The molecule has 1 N–H and O–H groups in total. The largest absolute Gasteiger partial charge is 0.457 e. The second-order valence-corrected chi connectivity index (χ2v) is 11.5. The Morgan fingerprint density at radius 3 is 2.57 bits per heavy atom. The van der Waals surface area contributed by atoms with Gasteiger partial charge in [0.05, 0.1) is 22.1 Å². The topological polar surface area (TPSA) is 88.6 Å². The number of benzene rings is 1. The van der Waals surface area contributed by atoms with Crippen LogP contribution in [0.4, 0.5) is 13.2 Å². The van der Waals surface area contributed by atoms with Gasteiger partial charge in [0.15, 0.2) is 0 Å². The van der Waals surface area contributed by atoms with E-state index in [0.717, 1.165) is 23.5 Å². The van der Waals surface area contributed by atoms with Crippen LogP contribution in [0.25, 0.3) is 0 Å². The van der Waals surface area contributed by atoms with Gasteiger partial charge in [0.2, 0.25) is 5.91 Å². The minimum atomic E-state index is -4.44. The molecule has 0 spiro atoms. The van der Waals surface area contributed by atoms with Crippen molar-refractivity contribution in [3.8, 4) is 11.5 Å². The number of hydrogen-bond acceptors (Lipinski definition) is 6. The molecule has 1 fully saturated rings. The Morgan fingerprint density at radius 2 is 1.91 bits per heavy atom. The molecule has 1 amide bonds. The number of alkyl halides is 3. The van der Waals surface area contributed by atoms with E-state index in [-0.39, 0.29) is 23.0 Å². The first kappa shape index (κ1) is 25.4. The van der Waals surface area contributed by atoms with Crippen LogP contribution in [0.3, 0.4) is 0 Å². The van der Waals surface area contributed by atoms with Crippen molar-refractivity contribution in [2.45, 2.75) is 35.8 Å². The zero-order chi connectivity index (χ0) is 25.2. The summed E-state index contributed by atoms with van der Waals surface area (Å²) >= 11 is 6.81. The summed E-state index contributed by atoms with van der Waals surface area (Å²) in [6.45, 7) is 0.239. The van der Waals surface area contributed by atoms with Crippen molar-refractivity contribution in [2.24, 2.45) is 0 Å². The first-order valence-corrected chi connectivity index (χ1v) is 13.0. The predicted molar refractivity (Wildman–Crippen MR) is 124 cm³/mol. The van der Waals surface area contributed by atoms with Crippen molar-refractivity contribution in [1.82, 2.24) is 14.6 Å². The van der Waals surface area contributed by atoms with Gasteiger partial charge in [0.1, 0.15) is 21.8 Å². The minimum Gasteiger partial charge on any atom is -0.457 e. The first-order valence-electron chi connectivity index (χ1n) is 10.4. The van der Waals surface area contributed by atoms with E-state index in [1.807, 2.05) is 0 Å². The number of ether oxygens (including phenoxy) is 1. The number of aromatic nitrogens is 1.